The molecular weight excluding hydrogens is 278 g/mol. The maximum absolute atomic E-state index is 11.3. The molecule has 15 heavy (non-hydrogen) atoms. The molecule has 0 fully saturated rings. The van der Waals surface area contributed by atoms with Gasteiger partial charge in [-0.25, -0.2) is 0 Å². The quantitative estimate of drug-likeness (QED) is 0.920. The molecule has 84 valence electrons. The lowest BCUT2D eigenvalue weighted by Crippen LogP contribution is -2.35. The van der Waals surface area contributed by atoms with Crippen LogP contribution in [0.2, 0.25) is 0 Å². The first kappa shape index (κ1) is 12.7. The van der Waals surface area contributed by atoms with Crippen molar-refractivity contribution in [2.24, 2.45) is 0 Å². The predicted octanol–water partition coefficient (Wildman–Crippen LogP) is 1.89. The Labute approximate surface area is 102 Å². The fraction of sp³-hybridized carbons (Fsp3) is 0.500. The summed E-state index contributed by atoms with van der Waals surface area (Å²) >= 11 is 5.06. The largest absolute Gasteiger partial charge is 0.384 e. The molecule has 0 saturated carbocycles. The van der Waals surface area contributed by atoms with Gasteiger partial charge in [0.1, 0.15) is 6.10 Å². The molecule has 1 heterocycles. The molecular formula is C10H14BrNO2S. The SMILES string of the molecule is CC(O)C(=O)N(C)CCc1ccc(Br)s1. The molecule has 1 amide bonds. The van der Waals surface area contributed by atoms with Gasteiger partial charge in [-0.2, -0.15) is 0 Å². The molecule has 0 aliphatic carbocycles. The van der Waals surface area contributed by atoms with Crippen LogP contribution in [0.25, 0.3) is 0 Å². The first-order valence-corrected chi connectivity index (χ1v) is 6.29. The highest BCUT2D eigenvalue weighted by Gasteiger charge is 2.14. The minimum Gasteiger partial charge on any atom is -0.384 e. The number of thiophene rings is 1. The van der Waals surface area contributed by atoms with Gasteiger partial charge < -0.3 is 10.0 Å². The molecule has 1 aromatic rings. The summed E-state index contributed by atoms with van der Waals surface area (Å²) in [7, 11) is 1.71. The van der Waals surface area contributed by atoms with Crippen molar-refractivity contribution in [3.63, 3.8) is 0 Å². The molecule has 1 atom stereocenters. The zero-order valence-corrected chi connectivity index (χ0v) is 11.1. The molecule has 0 aliphatic heterocycles. The fourth-order valence-corrected chi connectivity index (χ4v) is 2.67. The summed E-state index contributed by atoms with van der Waals surface area (Å²) in [5.74, 6) is -0.231. The van der Waals surface area contributed by atoms with E-state index in [0.717, 1.165) is 10.2 Å². The summed E-state index contributed by atoms with van der Waals surface area (Å²) in [6.45, 7) is 2.12. The molecule has 1 rings (SSSR count). The maximum Gasteiger partial charge on any atom is 0.250 e. The van der Waals surface area contributed by atoms with Crippen LogP contribution in [0.5, 0.6) is 0 Å². The summed E-state index contributed by atoms with van der Waals surface area (Å²) in [6.07, 6.45) is -0.0873. The molecule has 1 N–H and O–H groups in total. The van der Waals surface area contributed by atoms with Crippen LogP contribution >= 0.6 is 27.3 Å². The molecule has 0 aromatic carbocycles. The van der Waals surface area contributed by atoms with Gasteiger partial charge in [-0.1, -0.05) is 0 Å². The number of rotatable bonds is 4. The second-order valence-electron chi connectivity index (χ2n) is 3.39. The Morgan fingerprint density at radius 1 is 1.67 bits per heavy atom. The fourth-order valence-electron chi connectivity index (χ4n) is 1.19. The van der Waals surface area contributed by atoms with Gasteiger partial charge in [-0.3, -0.25) is 4.79 Å². The average molecular weight is 292 g/mol. The molecule has 0 bridgehead atoms. The van der Waals surface area contributed by atoms with Crippen molar-refractivity contribution in [2.45, 2.75) is 19.4 Å². The van der Waals surface area contributed by atoms with Crippen molar-refractivity contribution in [1.29, 1.82) is 0 Å². The Kier molecular flexibility index (Phi) is 4.76. The first-order valence-electron chi connectivity index (χ1n) is 4.68. The molecule has 0 saturated heterocycles. The topological polar surface area (TPSA) is 40.5 Å². The molecule has 5 heteroatoms. The van der Waals surface area contributed by atoms with E-state index in [-0.39, 0.29) is 5.91 Å². The van der Waals surface area contributed by atoms with Crippen molar-refractivity contribution in [2.75, 3.05) is 13.6 Å². The third kappa shape index (κ3) is 3.93. The van der Waals surface area contributed by atoms with Crippen LogP contribution in [-0.4, -0.2) is 35.6 Å². The van der Waals surface area contributed by atoms with E-state index >= 15 is 0 Å². The van der Waals surface area contributed by atoms with Crippen molar-refractivity contribution in [3.8, 4) is 0 Å². The lowest BCUT2D eigenvalue weighted by atomic mass is 10.3. The highest BCUT2D eigenvalue weighted by Crippen LogP contribution is 2.22. The Morgan fingerprint density at radius 3 is 2.80 bits per heavy atom. The van der Waals surface area contributed by atoms with E-state index in [9.17, 15) is 4.79 Å². The van der Waals surface area contributed by atoms with Gasteiger partial charge in [-0.15, -0.1) is 11.3 Å². The summed E-state index contributed by atoms with van der Waals surface area (Å²) in [6, 6.07) is 4.03. The van der Waals surface area contributed by atoms with E-state index in [1.165, 1.54) is 11.8 Å². The smallest absolute Gasteiger partial charge is 0.250 e. The third-order valence-corrected chi connectivity index (χ3v) is 3.74. The van der Waals surface area contributed by atoms with Crippen molar-refractivity contribution in [3.05, 3.63) is 20.8 Å². The highest BCUT2D eigenvalue weighted by molar-refractivity contribution is 9.11. The monoisotopic (exact) mass is 291 g/mol. The van der Waals surface area contributed by atoms with Gasteiger partial charge in [0.15, 0.2) is 0 Å². The number of likely N-dealkylation sites (N-methyl/N-ethyl adjacent to an activating group) is 1. The Balaban J connectivity index is 2.40. The number of aliphatic hydroxyl groups is 1. The Bertz CT molecular complexity index is 338. The maximum atomic E-state index is 11.3. The van der Waals surface area contributed by atoms with Gasteiger partial charge >= 0.3 is 0 Å². The molecule has 3 nitrogen and oxygen atoms in total. The number of nitrogens with zero attached hydrogens (tertiary/aromatic N) is 1. The van der Waals surface area contributed by atoms with Gasteiger partial charge in [0.25, 0.3) is 5.91 Å². The molecule has 0 radical (unpaired) electrons. The van der Waals surface area contributed by atoms with Crippen LogP contribution in [0.1, 0.15) is 11.8 Å². The second-order valence-corrected chi connectivity index (χ2v) is 5.94. The molecule has 0 spiro atoms. The number of carbonyl (C=O) groups is 1. The zero-order valence-electron chi connectivity index (χ0n) is 8.74. The number of amides is 1. The lowest BCUT2D eigenvalue weighted by Gasteiger charge is -2.18. The van der Waals surface area contributed by atoms with Gasteiger partial charge in [0.05, 0.1) is 3.79 Å². The molecule has 1 aromatic heterocycles. The van der Waals surface area contributed by atoms with Crippen molar-refractivity contribution >= 4 is 33.2 Å². The van der Waals surface area contributed by atoms with Crippen LogP contribution < -0.4 is 0 Å². The van der Waals surface area contributed by atoms with Gasteiger partial charge in [-0.05, 0) is 41.4 Å². The van der Waals surface area contributed by atoms with Gasteiger partial charge in [0, 0.05) is 18.5 Å². The Hall–Kier alpha value is -0.390. The third-order valence-electron chi connectivity index (χ3n) is 2.06. The summed E-state index contributed by atoms with van der Waals surface area (Å²) in [4.78, 5) is 14.1. The zero-order chi connectivity index (χ0) is 11.4. The average Bonchev–Trinajstić information content (AvgIpc) is 2.59. The predicted molar refractivity (Wildman–Crippen MR) is 65.0 cm³/mol. The number of aliphatic hydroxyl groups excluding tert-OH is 1. The van der Waals surface area contributed by atoms with Crippen LogP contribution in [0.15, 0.2) is 15.9 Å². The second kappa shape index (κ2) is 5.63. The van der Waals surface area contributed by atoms with Crippen molar-refractivity contribution < 1.29 is 9.90 Å². The van der Waals surface area contributed by atoms with E-state index < -0.39 is 6.10 Å². The number of hydrogen-bond acceptors (Lipinski definition) is 3. The van der Waals surface area contributed by atoms with E-state index in [0.29, 0.717) is 6.54 Å². The minimum absolute atomic E-state index is 0.231. The number of halogens is 1. The summed E-state index contributed by atoms with van der Waals surface area (Å²) in [5.41, 5.74) is 0. The minimum atomic E-state index is -0.912. The molecule has 1 unspecified atom stereocenters. The van der Waals surface area contributed by atoms with Crippen LogP contribution in [0.3, 0.4) is 0 Å². The highest BCUT2D eigenvalue weighted by atomic mass is 79.9. The van der Waals surface area contributed by atoms with E-state index in [1.807, 2.05) is 12.1 Å². The van der Waals surface area contributed by atoms with E-state index in [4.69, 9.17) is 5.11 Å². The van der Waals surface area contributed by atoms with Crippen LogP contribution in [0.4, 0.5) is 0 Å². The number of hydrogen-bond donors (Lipinski definition) is 1. The first-order chi connectivity index (χ1) is 7.00. The van der Waals surface area contributed by atoms with E-state index in [1.54, 1.807) is 23.3 Å². The van der Waals surface area contributed by atoms with Crippen molar-refractivity contribution in [1.82, 2.24) is 4.90 Å². The van der Waals surface area contributed by atoms with Crippen LogP contribution in [0, 0.1) is 0 Å². The molecule has 0 aliphatic rings. The summed E-state index contributed by atoms with van der Waals surface area (Å²) in [5, 5.41) is 9.10. The number of carbonyl (C=O) groups excluding carboxylic acids is 1. The lowest BCUT2D eigenvalue weighted by molar-refractivity contribution is -0.137. The normalized spacial score (nSPS) is 12.5. The van der Waals surface area contributed by atoms with E-state index in [2.05, 4.69) is 15.9 Å². The van der Waals surface area contributed by atoms with Crippen LogP contribution in [-0.2, 0) is 11.2 Å². The summed E-state index contributed by atoms with van der Waals surface area (Å²) < 4.78 is 1.10. The van der Waals surface area contributed by atoms with Gasteiger partial charge in [0.2, 0.25) is 0 Å². The Morgan fingerprint density at radius 2 is 2.33 bits per heavy atom. The standard InChI is InChI=1S/C10H14BrNO2S/c1-7(13)10(14)12(2)6-5-8-3-4-9(11)15-8/h3-4,7,13H,5-6H2,1-2H3.